The van der Waals surface area contributed by atoms with Gasteiger partial charge in [-0.15, -0.1) is 0 Å². The van der Waals surface area contributed by atoms with Gasteiger partial charge in [-0.05, 0) is 0 Å². The van der Waals surface area contributed by atoms with Crippen LogP contribution in [0.1, 0.15) is 0 Å². The molecule has 1 fully saturated rings. The lowest BCUT2D eigenvalue weighted by Crippen LogP contribution is -2.22. The summed E-state index contributed by atoms with van der Waals surface area (Å²) in [7, 11) is 0. The highest BCUT2D eigenvalue weighted by molar-refractivity contribution is 5.79. The van der Waals surface area contributed by atoms with Crippen LogP contribution >= 0.6 is 0 Å². The first-order valence-corrected chi connectivity index (χ1v) is 2.40. The van der Waals surface area contributed by atoms with E-state index < -0.39 is 18.2 Å². The summed E-state index contributed by atoms with van der Waals surface area (Å²) in [4.78, 5) is 23.1. The zero-order valence-electron chi connectivity index (χ0n) is 4.70. The smallest absolute Gasteiger partial charge is 0.430 e. The van der Waals surface area contributed by atoms with Crippen molar-refractivity contribution in [2.24, 2.45) is 0 Å². The average Bonchev–Trinajstić information content (AvgIpc) is 2.34. The normalized spacial score (nSPS) is 23.3. The topological polar surface area (TPSA) is 61.8 Å². The lowest BCUT2D eigenvalue weighted by molar-refractivity contribution is -0.192. The summed E-state index contributed by atoms with van der Waals surface area (Å²) in [6, 6.07) is 0. The van der Waals surface area contributed by atoms with E-state index in [9.17, 15) is 14.1 Å². The number of ether oxygens (including phenoxy) is 2. The zero-order chi connectivity index (χ0) is 7.56. The van der Waals surface area contributed by atoms with Crippen LogP contribution in [0.15, 0.2) is 0 Å². The van der Waals surface area contributed by atoms with Crippen molar-refractivity contribution >= 4 is 12.1 Å². The Bertz CT molecular complexity index is 167. The molecular weight excluding hydrogens is 147 g/mol. The van der Waals surface area contributed by atoms with Crippen molar-refractivity contribution in [2.75, 3.05) is 6.61 Å². The van der Waals surface area contributed by atoms with Crippen molar-refractivity contribution in [2.45, 2.75) is 6.10 Å². The van der Waals surface area contributed by atoms with Crippen LogP contribution in [0, 0.1) is 0 Å². The molecule has 0 aromatic rings. The second-order valence-corrected chi connectivity index (χ2v) is 1.56. The minimum absolute atomic E-state index is 0.290. The first kappa shape index (κ1) is 6.79. The second kappa shape index (κ2) is 2.51. The van der Waals surface area contributed by atoms with Gasteiger partial charge in [0.25, 0.3) is 0 Å². The summed E-state index contributed by atoms with van der Waals surface area (Å²) in [5.41, 5.74) is 0. The Labute approximate surface area is 54.6 Å². The van der Waals surface area contributed by atoms with E-state index in [0.29, 0.717) is 0 Å². The van der Waals surface area contributed by atoms with Gasteiger partial charge in [0, 0.05) is 4.53 Å². The summed E-state index contributed by atoms with van der Waals surface area (Å²) in [5, 5.41) is 0. The van der Waals surface area contributed by atoms with Gasteiger partial charge in [-0.1, -0.05) is 0 Å². The van der Waals surface area contributed by atoms with E-state index in [1.807, 2.05) is 0 Å². The van der Waals surface area contributed by atoms with Gasteiger partial charge < -0.3 is 9.47 Å². The maximum absolute atomic E-state index is 11.1. The van der Waals surface area contributed by atoms with E-state index in [1.165, 1.54) is 0 Å². The van der Waals surface area contributed by atoms with Gasteiger partial charge in [-0.3, -0.25) is 4.94 Å². The van der Waals surface area contributed by atoms with Crippen LogP contribution in [0.3, 0.4) is 0 Å². The number of halogens is 1. The predicted octanol–water partition coefficient (Wildman–Crippen LogP) is -0.0505. The first-order valence-electron chi connectivity index (χ1n) is 2.40. The lowest BCUT2D eigenvalue weighted by atomic mass is 10.4. The van der Waals surface area contributed by atoms with Crippen LogP contribution in [0.2, 0.25) is 0 Å². The van der Waals surface area contributed by atoms with Crippen LogP contribution in [-0.4, -0.2) is 24.8 Å². The summed E-state index contributed by atoms with van der Waals surface area (Å²) in [6.45, 7) is -0.290. The van der Waals surface area contributed by atoms with Gasteiger partial charge in [0.1, 0.15) is 6.61 Å². The Balaban J connectivity index is 2.44. The summed E-state index contributed by atoms with van der Waals surface area (Å²) in [6.07, 6.45) is -2.24. The SMILES string of the molecule is O=C1OCC(C(=O)OF)O1. The molecule has 0 bridgehead atoms. The number of hydrogen-bond acceptors (Lipinski definition) is 5. The molecule has 0 radical (unpaired) electrons. The molecule has 5 nitrogen and oxygen atoms in total. The number of rotatable bonds is 1. The van der Waals surface area contributed by atoms with Crippen molar-refractivity contribution < 1.29 is 28.5 Å². The first-order chi connectivity index (χ1) is 4.74. The third-order valence-corrected chi connectivity index (χ3v) is 0.930. The van der Waals surface area contributed by atoms with Gasteiger partial charge in [0.15, 0.2) is 0 Å². The van der Waals surface area contributed by atoms with E-state index in [2.05, 4.69) is 14.4 Å². The second-order valence-electron chi connectivity index (χ2n) is 1.56. The van der Waals surface area contributed by atoms with Crippen molar-refractivity contribution in [3.8, 4) is 0 Å². The summed E-state index contributed by atoms with van der Waals surface area (Å²) in [5.74, 6) is -1.26. The fourth-order valence-corrected chi connectivity index (χ4v) is 0.494. The lowest BCUT2D eigenvalue weighted by Gasteiger charge is -1.96. The predicted molar refractivity (Wildman–Crippen MR) is 23.4 cm³/mol. The molecule has 0 aliphatic carbocycles. The maximum Gasteiger partial charge on any atom is 0.509 e. The highest BCUT2D eigenvalue weighted by Crippen LogP contribution is 2.07. The highest BCUT2D eigenvalue weighted by Gasteiger charge is 2.33. The van der Waals surface area contributed by atoms with Gasteiger partial charge >= 0.3 is 12.1 Å². The molecule has 1 rings (SSSR count). The number of carbonyl (C=O) groups excluding carboxylic acids is 2. The van der Waals surface area contributed by atoms with Crippen molar-refractivity contribution in [3.63, 3.8) is 0 Å². The molecule has 10 heavy (non-hydrogen) atoms. The standard InChI is InChI=1S/C4H3FO5/c5-10-3(6)2-1-8-4(7)9-2/h2H,1H2. The van der Waals surface area contributed by atoms with Crippen LogP contribution < -0.4 is 0 Å². The maximum atomic E-state index is 11.1. The highest BCUT2D eigenvalue weighted by atomic mass is 19.3. The van der Waals surface area contributed by atoms with Gasteiger partial charge in [0.05, 0.1) is 0 Å². The molecule has 0 N–H and O–H groups in total. The third kappa shape index (κ3) is 1.15. The summed E-state index contributed by atoms with van der Waals surface area (Å²) < 4.78 is 19.4. The van der Waals surface area contributed by atoms with Gasteiger partial charge in [0.2, 0.25) is 6.10 Å². The fraction of sp³-hybridized carbons (Fsp3) is 0.500. The Morgan fingerprint density at radius 2 is 2.50 bits per heavy atom. The Morgan fingerprint density at radius 1 is 1.80 bits per heavy atom. The average molecular weight is 150 g/mol. The molecule has 0 amide bonds. The number of hydrogen-bond donors (Lipinski definition) is 0. The van der Waals surface area contributed by atoms with Crippen molar-refractivity contribution in [3.05, 3.63) is 0 Å². The molecule has 0 saturated carbocycles. The molecule has 1 unspecified atom stereocenters. The minimum Gasteiger partial charge on any atom is -0.430 e. The molecule has 1 saturated heterocycles. The van der Waals surface area contributed by atoms with Crippen LogP contribution in [0.25, 0.3) is 0 Å². The van der Waals surface area contributed by atoms with Crippen LogP contribution in [0.5, 0.6) is 0 Å². The Morgan fingerprint density at radius 3 is 2.90 bits per heavy atom. The molecule has 1 atom stereocenters. The number of cyclic esters (lactones) is 2. The summed E-state index contributed by atoms with van der Waals surface area (Å²) >= 11 is 0. The zero-order valence-corrected chi connectivity index (χ0v) is 4.70. The Kier molecular flexibility index (Phi) is 1.70. The van der Waals surface area contributed by atoms with Crippen molar-refractivity contribution in [1.82, 2.24) is 0 Å². The van der Waals surface area contributed by atoms with Gasteiger partial charge in [-0.25, -0.2) is 9.59 Å². The molecule has 1 heterocycles. The molecule has 0 aromatic carbocycles. The van der Waals surface area contributed by atoms with Crippen molar-refractivity contribution in [1.29, 1.82) is 0 Å². The van der Waals surface area contributed by atoms with E-state index in [1.54, 1.807) is 0 Å². The molecular formula is C4H3FO5. The molecule has 6 heteroatoms. The van der Waals surface area contributed by atoms with E-state index >= 15 is 0 Å². The quantitative estimate of drug-likeness (QED) is 0.490. The molecule has 1 aliphatic rings. The fourth-order valence-electron chi connectivity index (χ4n) is 0.494. The monoisotopic (exact) mass is 150 g/mol. The van der Waals surface area contributed by atoms with Crippen LogP contribution in [0.4, 0.5) is 9.32 Å². The number of carbonyl (C=O) groups is 2. The largest absolute Gasteiger partial charge is 0.509 e. The Hall–Kier alpha value is -1.33. The van der Waals surface area contributed by atoms with E-state index in [0.717, 1.165) is 0 Å². The van der Waals surface area contributed by atoms with Crippen LogP contribution in [-0.2, 0) is 19.2 Å². The molecule has 56 valence electrons. The molecule has 1 aliphatic heterocycles. The molecule has 0 spiro atoms. The third-order valence-electron chi connectivity index (χ3n) is 0.930. The van der Waals surface area contributed by atoms with E-state index in [-0.39, 0.29) is 6.61 Å². The minimum atomic E-state index is -1.26. The van der Waals surface area contributed by atoms with Gasteiger partial charge in [-0.2, -0.15) is 0 Å². The van der Waals surface area contributed by atoms with E-state index in [4.69, 9.17) is 0 Å². The molecule has 0 aromatic heterocycles.